The molecule has 0 bridgehead atoms. The summed E-state index contributed by atoms with van der Waals surface area (Å²) in [6.07, 6.45) is -0.0113. The first-order valence-corrected chi connectivity index (χ1v) is 9.60. The number of esters is 2. The number of carbonyl (C=O) groups excluding carboxylic acids is 3. The summed E-state index contributed by atoms with van der Waals surface area (Å²) in [6, 6.07) is 11.5. The Morgan fingerprint density at radius 3 is 2.03 bits per heavy atom. The molecule has 0 aliphatic rings. The lowest BCUT2D eigenvalue weighted by Gasteiger charge is -2.17. The minimum absolute atomic E-state index is 0.0113. The van der Waals surface area contributed by atoms with Crippen LogP contribution in [0.1, 0.15) is 35.3 Å². The Balaban J connectivity index is 2.40. The third-order valence-corrected chi connectivity index (χ3v) is 4.47. The number of carbonyl (C=O) groups is 3. The van der Waals surface area contributed by atoms with Crippen LogP contribution < -0.4 is 4.74 Å². The lowest BCUT2D eigenvalue weighted by atomic mass is 9.94. The maximum absolute atomic E-state index is 12.9. The van der Waals surface area contributed by atoms with Crippen molar-refractivity contribution in [1.82, 2.24) is 0 Å². The SMILES string of the molecule is CCOC(=O)C(Cc1cccc(C(=O)c2ccc(Cl)cc2)c1OC)C(=O)OCC. The summed E-state index contributed by atoms with van der Waals surface area (Å²) in [5.41, 5.74) is 1.29. The highest BCUT2D eigenvalue weighted by Gasteiger charge is 2.31. The van der Waals surface area contributed by atoms with Gasteiger partial charge in [-0.2, -0.15) is 0 Å². The summed E-state index contributed by atoms with van der Waals surface area (Å²) >= 11 is 5.89. The fraction of sp³-hybridized carbons (Fsp3) is 0.318. The Hall–Kier alpha value is -2.86. The van der Waals surface area contributed by atoms with Gasteiger partial charge in [-0.15, -0.1) is 0 Å². The van der Waals surface area contributed by atoms with Crippen LogP contribution in [0.3, 0.4) is 0 Å². The highest BCUT2D eigenvalue weighted by atomic mass is 35.5. The van der Waals surface area contributed by atoms with Gasteiger partial charge in [0, 0.05) is 10.6 Å². The number of ether oxygens (including phenoxy) is 3. The van der Waals surface area contributed by atoms with E-state index >= 15 is 0 Å². The van der Waals surface area contributed by atoms with Gasteiger partial charge in [-0.3, -0.25) is 14.4 Å². The summed E-state index contributed by atoms with van der Waals surface area (Å²) in [4.78, 5) is 37.5. The van der Waals surface area contributed by atoms with Gasteiger partial charge in [0.25, 0.3) is 0 Å². The van der Waals surface area contributed by atoms with Crippen LogP contribution in [0.25, 0.3) is 0 Å². The number of halogens is 1. The minimum Gasteiger partial charge on any atom is -0.496 e. The molecule has 0 saturated heterocycles. The lowest BCUT2D eigenvalue weighted by molar-refractivity contribution is -0.161. The molecule has 154 valence electrons. The fourth-order valence-electron chi connectivity index (χ4n) is 2.89. The largest absolute Gasteiger partial charge is 0.496 e. The first-order chi connectivity index (χ1) is 13.9. The molecule has 0 heterocycles. The second-order valence-electron chi connectivity index (χ2n) is 6.09. The molecule has 2 rings (SSSR count). The van der Waals surface area contributed by atoms with Crippen molar-refractivity contribution >= 4 is 29.3 Å². The molecule has 0 aliphatic carbocycles. The zero-order valence-electron chi connectivity index (χ0n) is 16.6. The average Bonchev–Trinajstić information content (AvgIpc) is 2.72. The molecule has 0 aromatic heterocycles. The molecule has 2 aromatic carbocycles. The summed E-state index contributed by atoms with van der Waals surface area (Å²) in [7, 11) is 1.43. The highest BCUT2D eigenvalue weighted by Crippen LogP contribution is 2.29. The zero-order chi connectivity index (χ0) is 21.4. The van der Waals surface area contributed by atoms with Crippen molar-refractivity contribution in [3.05, 3.63) is 64.2 Å². The zero-order valence-corrected chi connectivity index (χ0v) is 17.3. The molecule has 0 atom stereocenters. The number of methoxy groups -OCH3 is 1. The van der Waals surface area contributed by atoms with E-state index in [1.54, 1.807) is 56.3 Å². The second-order valence-corrected chi connectivity index (χ2v) is 6.53. The number of rotatable bonds is 9. The topological polar surface area (TPSA) is 78.9 Å². The van der Waals surface area contributed by atoms with E-state index in [4.69, 9.17) is 25.8 Å². The van der Waals surface area contributed by atoms with Crippen molar-refractivity contribution in [1.29, 1.82) is 0 Å². The number of hydrogen-bond donors (Lipinski definition) is 0. The molecule has 7 heteroatoms. The van der Waals surface area contributed by atoms with Crippen LogP contribution in [-0.4, -0.2) is 38.0 Å². The van der Waals surface area contributed by atoms with E-state index in [1.165, 1.54) is 7.11 Å². The molecule has 0 spiro atoms. The molecule has 0 fully saturated rings. The van der Waals surface area contributed by atoms with Gasteiger partial charge < -0.3 is 14.2 Å². The van der Waals surface area contributed by atoms with E-state index in [-0.39, 0.29) is 25.4 Å². The molecule has 6 nitrogen and oxygen atoms in total. The monoisotopic (exact) mass is 418 g/mol. The van der Waals surface area contributed by atoms with Crippen LogP contribution in [0.4, 0.5) is 0 Å². The van der Waals surface area contributed by atoms with Crippen molar-refractivity contribution in [2.45, 2.75) is 20.3 Å². The lowest BCUT2D eigenvalue weighted by Crippen LogP contribution is -2.30. The normalized spacial score (nSPS) is 10.5. The smallest absolute Gasteiger partial charge is 0.320 e. The molecule has 0 unspecified atom stereocenters. The molecular formula is C22H23ClO6. The second kappa shape index (κ2) is 10.6. The van der Waals surface area contributed by atoms with Gasteiger partial charge in [-0.25, -0.2) is 0 Å². The summed E-state index contributed by atoms with van der Waals surface area (Å²) < 4.78 is 15.5. The quantitative estimate of drug-likeness (QED) is 0.349. The van der Waals surface area contributed by atoms with E-state index < -0.39 is 17.9 Å². The Morgan fingerprint density at radius 2 is 1.52 bits per heavy atom. The molecule has 2 aromatic rings. The van der Waals surface area contributed by atoms with Crippen molar-refractivity contribution in [3.8, 4) is 5.75 Å². The van der Waals surface area contributed by atoms with Gasteiger partial charge in [0.15, 0.2) is 11.7 Å². The maximum Gasteiger partial charge on any atom is 0.320 e. The Kier molecular flexibility index (Phi) is 8.21. The molecule has 0 aliphatic heterocycles. The van der Waals surface area contributed by atoms with Crippen LogP contribution in [-0.2, 0) is 25.5 Å². The molecule has 29 heavy (non-hydrogen) atoms. The van der Waals surface area contributed by atoms with Crippen LogP contribution in [0.2, 0.25) is 5.02 Å². The van der Waals surface area contributed by atoms with Crippen molar-refractivity contribution in [2.75, 3.05) is 20.3 Å². The third-order valence-electron chi connectivity index (χ3n) is 4.22. The Bertz CT molecular complexity index is 857. The predicted molar refractivity (Wildman–Crippen MR) is 108 cm³/mol. The number of ketones is 1. The minimum atomic E-state index is -1.15. The first kappa shape index (κ1) is 22.4. The molecule has 0 amide bonds. The fourth-order valence-corrected chi connectivity index (χ4v) is 3.02. The van der Waals surface area contributed by atoms with E-state index in [9.17, 15) is 14.4 Å². The number of benzene rings is 2. The van der Waals surface area contributed by atoms with Gasteiger partial charge in [-0.1, -0.05) is 23.7 Å². The standard InChI is InChI=1S/C22H23ClO6/c1-4-28-21(25)18(22(26)29-5-2)13-15-7-6-8-17(20(15)27-3)19(24)14-9-11-16(23)12-10-14/h6-12,18H,4-5,13H2,1-3H3. The third kappa shape index (κ3) is 5.57. The van der Waals surface area contributed by atoms with Gasteiger partial charge in [-0.05, 0) is 56.2 Å². The van der Waals surface area contributed by atoms with Gasteiger partial charge >= 0.3 is 11.9 Å². The van der Waals surface area contributed by atoms with Crippen molar-refractivity contribution in [3.63, 3.8) is 0 Å². The average molecular weight is 419 g/mol. The molecule has 0 N–H and O–H groups in total. The Labute approximate surface area is 174 Å². The van der Waals surface area contributed by atoms with Crippen molar-refractivity contribution < 1.29 is 28.6 Å². The highest BCUT2D eigenvalue weighted by molar-refractivity contribution is 6.30. The van der Waals surface area contributed by atoms with Crippen LogP contribution in [0.5, 0.6) is 5.75 Å². The van der Waals surface area contributed by atoms with E-state index in [0.29, 0.717) is 27.5 Å². The van der Waals surface area contributed by atoms with Gasteiger partial charge in [0.05, 0.1) is 25.9 Å². The van der Waals surface area contributed by atoms with Crippen molar-refractivity contribution in [2.24, 2.45) is 5.92 Å². The number of hydrogen-bond acceptors (Lipinski definition) is 6. The van der Waals surface area contributed by atoms with Crippen LogP contribution in [0.15, 0.2) is 42.5 Å². The Morgan fingerprint density at radius 1 is 0.931 bits per heavy atom. The van der Waals surface area contributed by atoms with Gasteiger partial charge in [0.1, 0.15) is 5.75 Å². The predicted octanol–water partition coefficient (Wildman–Crippen LogP) is 3.86. The molecule has 0 saturated carbocycles. The summed E-state index contributed by atoms with van der Waals surface area (Å²) in [5, 5.41) is 0.522. The van der Waals surface area contributed by atoms with E-state index in [1.807, 2.05) is 0 Å². The van der Waals surface area contributed by atoms with E-state index in [0.717, 1.165) is 0 Å². The maximum atomic E-state index is 12.9. The van der Waals surface area contributed by atoms with E-state index in [2.05, 4.69) is 0 Å². The van der Waals surface area contributed by atoms with Gasteiger partial charge in [0.2, 0.25) is 0 Å². The molecular weight excluding hydrogens is 396 g/mol. The summed E-state index contributed by atoms with van der Waals surface area (Å²) in [5.74, 6) is -2.47. The van der Waals surface area contributed by atoms with Crippen LogP contribution in [0, 0.1) is 5.92 Å². The molecule has 0 radical (unpaired) electrons. The first-order valence-electron chi connectivity index (χ1n) is 9.22. The summed E-state index contributed by atoms with van der Waals surface area (Å²) in [6.45, 7) is 3.60. The van der Waals surface area contributed by atoms with Crippen LogP contribution >= 0.6 is 11.6 Å². The number of para-hydroxylation sites is 1.